The Balaban J connectivity index is 0.00000324. The minimum absolute atomic E-state index is 0. The molecule has 5 heteroatoms. The van der Waals surface area contributed by atoms with Crippen molar-refractivity contribution >= 4 is 23.2 Å². The number of carbonyl (C=O) groups excluding carboxylic acids is 1. The first kappa shape index (κ1) is 17.9. The second-order valence-electron chi connectivity index (χ2n) is 4.01. The highest BCUT2D eigenvalue weighted by molar-refractivity contribution is 6.29. The van der Waals surface area contributed by atoms with Crippen molar-refractivity contribution in [2.24, 2.45) is 0 Å². The summed E-state index contributed by atoms with van der Waals surface area (Å²) in [6.07, 6.45) is 1.75. The molecule has 19 heavy (non-hydrogen) atoms. The molecule has 0 atom stereocenters. The number of nitrogens with zero attached hydrogens (tertiary/aromatic N) is 1. The zero-order valence-corrected chi connectivity index (χ0v) is 12.4. The molecule has 0 radical (unpaired) electrons. The molecule has 0 fully saturated rings. The average Bonchev–Trinajstić information content (AvgIpc) is 2.43. The van der Waals surface area contributed by atoms with Crippen molar-refractivity contribution in [2.45, 2.75) is 26.7 Å². The first-order valence-corrected chi connectivity index (χ1v) is 6.69. The van der Waals surface area contributed by atoms with Crippen LogP contribution in [0, 0.1) is 0 Å². The molecular weight excluding hydrogens is 269 g/mol. The van der Waals surface area contributed by atoms with E-state index in [9.17, 15) is 4.79 Å². The third-order valence-electron chi connectivity index (χ3n) is 2.91. The van der Waals surface area contributed by atoms with Crippen LogP contribution < -0.4 is 4.90 Å². The number of hydrogen-bond acceptors (Lipinski definition) is 2. The molecule has 1 amide bonds. The van der Waals surface area contributed by atoms with E-state index in [2.05, 4.69) is 13.8 Å². The second-order valence-corrected chi connectivity index (χ2v) is 4.27. The molecule has 0 heterocycles. The normalized spacial score (nSPS) is 9.89. The van der Waals surface area contributed by atoms with Crippen molar-refractivity contribution in [3.8, 4) is 0 Å². The molecule has 1 rings (SSSR count). The highest BCUT2D eigenvalue weighted by Crippen LogP contribution is 2.27. The van der Waals surface area contributed by atoms with Crippen molar-refractivity contribution < 1.29 is 14.2 Å². The number of methoxy groups -OCH3 is 1. The van der Waals surface area contributed by atoms with E-state index in [1.807, 2.05) is 18.2 Å². The molecule has 108 valence electrons. The summed E-state index contributed by atoms with van der Waals surface area (Å²) in [5, 5.41) is 0. The van der Waals surface area contributed by atoms with E-state index in [-0.39, 0.29) is 23.2 Å². The van der Waals surface area contributed by atoms with Crippen molar-refractivity contribution in [2.75, 3.05) is 24.6 Å². The number of amides is 1. The number of rotatable bonds is 6. The monoisotopic (exact) mass is 289 g/mol. The number of anilines is 1. The van der Waals surface area contributed by atoms with Crippen LogP contribution in [0.2, 0.25) is 0 Å². The fraction of sp³-hybridized carbons (Fsp3) is 0.500. The third kappa shape index (κ3) is 4.18. The zero-order valence-electron chi connectivity index (χ0n) is 11.6. The summed E-state index contributed by atoms with van der Waals surface area (Å²) in [6.45, 7) is 4.39. The smallest absolute Gasteiger partial charge is 0.243 e. The molecule has 3 nitrogen and oxygen atoms in total. The molecule has 0 saturated heterocycles. The summed E-state index contributed by atoms with van der Waals surface area (Å²) in [6, 6.07) is 6.11. The van der Waals surface area contributed by atoms with Gasteiger partial charge in [-0.05, 0) is 24.0 Å². The Hall–Kier alpha value is -1.13. The topological polar surface area (TPSA) is 29.5 Å². The quantitative estimate of drug-likeness (QED) is 0.595. The van der Waals surface area contributed by atoms with Crippen LogP contribution in [-0.2, 0) is 22.4 Å². The van der Waals surface area contributed by atoms with Gasteiger partial charge in [0.05, 0.1) is 5.69 Å². The summed E-state index contributed by atoms with van der Waals surface area (Å²) >= 11 is 5.68. The summed E-state index contributed by atoms with van der Waals surface area (Å²) in [5.74, 6) is -0.168. The lowest BCUT2D eigenvalue weighted by Crippen LogP contribution is -2.35. The van der Waals surface area contributed by atoms with Crippen LogP contribution in [0.1, 0.15) is 25.0 Å². The third-order valence-corrected chi connectivity index (χ3v) is 3.14. The number of carbonyl (C=O) groups is 1. The van der Waals surface area contributed by atoms with Crippen LogP contribution in [0.25, 0.3) is 0 Å². The maximum absolute atomic E-state index is 12.0. The van der Waals surface area contributed by atoms with E-state index in [1.54, 1.807) is 12.0 Å². The largest absolute Gasteiger partial charge is 0.364 e. The van der Waals surface area contributed by atoms with E-state index in [0.29, 0.717) is 0 Å². The molecule has 0 aliphatic heterocycles. The Bertz CT molecular complexity index is 390. The fourth-order valence-corrected chi connectivity index (χ4v) is 2.17. The average molecular weight is 290 g/mol. The Kier molecular flexibility index (Phi) is 8.35. The number of alkyl halides is 1. The van der Waals surface area contributed by atoms with Gasteiger partial charge in [0.1, 0.15) is 12.6 Å². The summed E-state index contributed by atoms with van der Waals surface area (Å²) < 4.78 is 5.13. The van der Waals surface area contributed by atoms with Crippen LogP contribution in [0.15, 0.2) is 18.2 Å². The van der Waals surface area contributed by atoms with E-state index in [4.69, 9.17) is 16.3 Å². The lowest BCUT2D eigenvalue weighted by molar-refractivity contribution is -0.117. The number of para-hydroxylation sites is 1. The van der Waals surface area contributed by atoms with Crippen molar-refractivity contribution in [1.82, 2.24) is 0 Å². The van der Waals surface area contributed by atoms with Crippen LogP contribution in [0.5, 0.6) is 0 Å². The summed E-state index contributed by atoms with van der Waals surface area (Å²) in [4.78, 5) is 13.6. The molecule has 0 spiro atoms. The molecule has 0 aromatic heterocycles. The summed E-state index contributed by atoms with van der Waals surface area (Å²) in [7, 11) is 1.58. The van der Waals surface area contributed by atoms with Gasteiger partial charge in [-0.15, -0.1) is 11.6 Å². The highest BCUT2D eigenvalue weighted by Gasteiger charge is 2.19. The predicted octanol–water partition coefficient (Wildman–Crippen LogP) is 3.14. The lowest BCUT2D eigenvalue weighted by Gasteiger charge is -2.26. The maximum atomic E-state index is 12.0. The number of hydrogen-bond donors (Lipinski definition) is 0. The van der Waals surface area contributed by atoms with Gasteiger partial charge in [-0.25, -0.2) is 0 Å². The van der Waals surface area contributed by atoms with Gasteiger partial charge >= 0.3 is 0 Å². The van der Waals surface area contributed by atoms with Gasteiger partial charge in [-0.3, -0.25) is 14.4 Å². The van der Waals surface area contributed by atoms with Gasteiger partial charge < -0.3 is 4.74 Å². The Morgan fingerprint density at radius 1 is 1.26 bits per heavy atom. The maximum Gasteiger partial charge on any atom is 0.243 e. The van der Waals surface area contributed by atoms with Crippen molar-refractivity contribution in [1.29, 1.82) is 0 Å². The molecule has 0 saturated carbocycles. The Morgan fingerprint density at radius 3 is 2.16 bits per heavy atom. The van der Waals surface area contributed by atoms with Gasteiger partial charge in [0.25, 0.3) is 0 Å². The molecule has 0 bridgehead atoms. The van der Waals surface area contributed by atoms with Gasteiger partial charge in [0.15, 0.2) is 0 Å². The second kappa shape index (κ2) is 8.88. The summed E-state index contributed by atoms with van der Waals surface area (Å²) in [5.41, 5.74) is 3.24. The minimum Gasteiger partial charge on any atom is -0.364 e. The number of aryl methyl sites for hydroxylation is 2. The molecule has 0 aliphatic carbocycles. The van der Waals surface area contributed by atoms with E-state index in [1.165, 1.54) is 0 Å². The van der Waals surface area contributed by atoms with E-state index >= 15 is 0 Å². The first-order chi connectivity index (χ1) is 8.69. The Morgan fingerprint density at radius 2 is 1.79 bits per heavy atom. The zero-order chi connectivity index (χ0) is 13.5. The number of ether oxygens (including phenoxy) is 1. The standard InChI is InChI=1S/C14H20ClNO2.FH/c1-4-11-7-6-8-12(5-2)14(11)16(10-18-3)13(17)9-15;/h6-8H,4-5,9-10H2,1-3H3;1H. The molecule has 0 N–H and O–H groups in total. The molecular formula is C14H21ClFNO2. The van der Waals surface area contributed by atoms with Gasteiger partial charge in [-0.1, -0.05) is 32.0 Å². The van der Waals surface area contributed by atoms with E-state index in [0.717, 1.165) is 29.7 Å². The predicted molar refractivity (Wildman–Crippen MR) is 77.8 cm³/mol. The van der Waals surface area contributed by atoms with Gasteiger partial charge in [-0.2, -0.15) is 0 Å². The molecule has 0 unspecified atom stereocenters. The fourth-order valence-electron chi connectivity index (χ4n) is 2.02. The van der Waals surface area contributed by atoms with Crippen LogP contribution in [0.4, 0.5) is 10.4 Å². The number of halogens is 2. The lowest BCUT2D eigenvalue weighted by atomic mass is 10.0. The van der Waals surface area contributed by atoms with Crippen molar-refractivity contribution in [3.63, 3.8) is 0 Å². The van der Waals surface area contributed by atoms with Crippen LogP contribution in [-0.4, -0.2) is 25.6 Å². The van der Waals surface area contributed by atoms with Crippen LogP contribution in [0.3, 0.4) is 0 Å². The van der Waals surface area contributed by atoms with Crippen molar-refractivity contribution in [3.05, 3.63) is 29.3 Å². The molecule has 0 aliphatic rings. The Labute approximate surface area is 118 Å². The molecule has 1 aromatic carbocycles. The SMILES string of the molecule is CCc1cccc(CC)c1N(COC)C(=O)CCl.F. The van der Waals surface area contributed by atoms with E-state index < -0.39 is 0 Å². The number of benzene rings is 1. The first-order valence-electron chi connectivity index (χ1n) is 6.15. The van der Waals surface area contributed by atoms with Gasteiger partial charge in [0.2, 0.25) is 5.91 Å². The van der Waals surface area contributed by atoms with Crippen LogP contribution >= 0.6 is 11.6 Å². The molecule has 1 aromatic rings. The minimum atomic E-state index is -0.130. The van der Waals surface area contributed by atoms with Gasteiger partial charge in [0, 0.05) is 7.11 Å². The highest BCUT2D eigenvalue weighted by atomic mass is 35.5.